The van der Waals surface area contributed by atoms with E-state index in [1.807, 2.05) is 0 Å². The fourth-order valence-corrected chi connectivity index (χ4v) is 0. The SMILES string of the molecule is O=P(O)(O)O.S.[CaH2].[CaH2].[CaH2]. The molecule has 0 aliphatic carbocycles. The van der Waals surface area contributed by atoms with Crippen LogP contribution >= 0.6 is 21.3 Å². The van der Waals surface area contributed by atoms with Crippen molar-refractivity contribution >= 4 is 135 Å². The van der Waals surface area contributed by atoms with Crippen molar-refractivity contribution in [2.45, 2.75) is 0 Å². The molecule has 0 heterocycles. The average Bonchev–Trinajstić information content (AvgIpc) is 0.722. The third-order valence-corrected chi connectivity index (χ3v) is 0. The Labute approximate surface area is 150 Å². The summed E-state index contributed by atoms with van der Waals surface area (Å²) in [5.74, 6) is 0. The van der Waals surface area contributed by atoms with Crippen molar-refractivity contribution in [2.75, 3.05) is 0 Å². The normalized spacial score (nSPS) is 6.56. The number of rotatable bonds is 0. The Balaban J connectivity index is -0.0000000133. The van der Waals surface area contributed by atoms with Gasteiger partial charge in [0.1, 0.15) is 0 Å². The number of hydrogen-bond donors (Lipinski definition) is 3. The molecular formula is H11Ca3O4PS. The topological polar surface area (TPSA) is 77.8 Å². The van der Waals surface area contributed by atoms with Crippen molar-refractivity contribution in [1.29, 1.82) is 0 Å². The van der Waals surface area contributed by atoms with E-state index in [1.54, 1.807) is 0 Å². The van der Waals surface area contributed by atoms with Crippen molar-refractivity contribution in [1.82, 2.24) is 0 Å². The maximum absolute atomic E-state index is 8.88. The summed E-state index contributed by atoms with van der Waals surface area (Å²) in [7, 11) is -4.64. The summed E-state index contributed by atoms with van der Waals surface area (Å²) in [5, 5.41) is 0. The van der Waals surface area contributed by atoms with Crippen molar-refractivity contribution in [3.8, 4) is 0 Å². The second kappa shape index (κ2) is 14.7. The molecule has 0 aliphatic heterocycles. The van der Waals surface area contributed by atoms with E-state index in [1.165, 1.54) is 0 Å². The summed E-state index contributed by atoms with van der Waals surface area (Å²) in [6.07, 6.45) is 0. The van der Waals surface area contributed by atoms with Crippen LogP contribution in [-0.4, -0.2) is 128 Å². The zero-order valence-electron chi connectivity index (χ0n) is 2.70. The zero-order chi connectivity index (χ0) is 4.50. The fraction of sp³-hybridized carbons (Fsp3) is 0. The Morgan fingerprint density at radius 3 is 0.889 bits per heavy atom. The Morgan fingerprint density at radius 2 is 0.889 bits per heavy atom. The molecule has 0 saturated heterocycles. The van der Waals surface area contributed by atoms with Crippen molar-refractivity contribution < 1.29 is 19.2 Å². The van der Waals surface area contributed by atoms with Gasteiger partial charge in [-0.3, -0.25) is 0 Å². The monoisotopic (exact) mass is 258 g/mol. The first-order valence-corrected chi connectivity index (χ1v) is 2.35. The van der Waals surface area contributed by atoms with Gasteiger partial charge in [0.25, 0.3) is 0 Å². The van der Waals surface area contributed by atoms with Gasteiger partial charge < -0.3 is 14.7 Å². The molecule has 0 aliphatic rings. The summed E-state index contributed by atoms with van der Waals surface area (Å²) in [4.78, 5) is 21.6. The molecule has 0 rings (SSSR count). The minimum absolute atomic E-state index is 0. The quantitative estimate of drug-likeness (QED) is 0.310. The molecule has 0 atom stereocenters. The minimum atomic E-state index is -4.64. The summed E-state index contributed by atoms with van der Waals surface area (Å²) in [6.45, 7) is 0. The molecule has 0 aromatic carbocycles. The average molecular weight is 258 g/mol. The molecule has 0 unspecified atom stereocenters. The van der Waals surface area contributed by atoms with Crippen LogP contribution in [0.25, 0.3) is 0 Å². The Bertz CT molecular complexity index is 61.9. The van der Waals surface area contributed by atoms with Crippen LogP contribution < -0.4 is 0 Å². The van der Waals surface area contributed by atoms with Gasteiger partial charge in [-0.25, -0.2) is 4.57 Å². The second-order valence-corrected chi connectivity index (χ2v) is 1.54. The summed E-state index contributed by atoms with van der Waals surface area (Å²) < 4.78 is 8.88. The molecule has 0 aromatic heterocycles. The van der Waals surface area contributed by atoms with E-state index in [9.17, 15) is 0 Å². The Morgan fingerprint density at radius 1 is 0.889 bits per heavy atom. The van der Waals surface area contributed by atoms with Gasteiger partial charge in [-0.15, -0.1) is 0 Å². The van der Waals surface area contributed by atoms with Crippen molar-refractivity contribution in [3.05, 3.63) is 0 Å². The van der Waals surface area contributed by atoms with Gasteiger partial charge in [-0.1, -0.05) is 0 Å². The van der Waals surface area contributed by atoms with Crippen LogP contribution in [-0.2, 0) is 4.57 Å². The molecule has 3 N–H and O–H groups in total. The van der Waals surface area contributed by atoms with Gasteiger partial charge in [0.15, 0.2) is 0 Å². The first-order valence-electron chi connectivity index (χ1n) is 0.783. The van der Waals surface area contributed by atoms with E-state index in [2.05, 4.69) is 0 Å². The van der Waals surface area contributed by atoms with Crippen LogP contribution in [0, 0.1) is 0 Å². The second-order valence-electron chi connectivity index (χ2n) is 0.513. The first kappa shape index (κ1) is 29.2. The van der Waals surface area contributed by atoms with Gasteiger partial charge in [0.2, 0.25) is 0 Å². The van der Waals surface area contributed by atoms with E-state index in [4.69, 9.17) is 19.2 Å². The molecule has 9 heteroatoms. The molecule has 0 fully saturated rings. The van der Waals surface area contributed by atoms with Crippen LogP contribution in [0.15, 0.2) is 0 Å². The molecule has 0 saturated carbocycles. The molecule has 0 aromatic rings. The van der Waals surface area contributed by atoms with Crippen LogP contribution in [0.5, 0.6) is 0 Å². The van der Waals surface area contributed by atoms with Gasteiger partial charge in [-0.05, 0) is 0 Å². The third kappa shape index (κ3) is 71.4. The summed E-state index contributed by atoms with van der Waals surface area (Å²) >= 11 is 0. The molecule has 52 valence electrons. The predicted octanol–water partition coefficient (Wildman–Crippen LogP) is -3.56. The third-order valence-electron chi connectivity index (χ3n) is 0. The standard InChI is InChI=1S/3Ca.H3O4P.H2S.6H/c;;;1-5(2,3)4;;;;;;;/h;;;(H3,1,2,3,4);1H2;;;;;;. The predicted molar refractivity (Wildman–Crippen MR) is 50.3 cm³/mol. The van der Waals surface area contributed by atoms with E-state index in [0.29, 0.717) is 0 Å². The molecule has 0 bridgehead atoms. The zero-order valence-corrected chi connectivity index (χ0v) is 4.59. The number of phosphoric acid groups is 1. The number of hydrogen-bond acceptors (Lipinski definition) is 1. The van der Waals surface area contributed by atoms with Crippen LogP contribution in [0.3, 0.4) is 0 Å². The molecule has 0 amide bonds. The van der Waals surface area contributed by atoms with Gasteiger partial charge in [0.05, 0.1) is 0 Å². The molecule has 0 spiro atoms. The maximum atomic E-state index is 8.88. The van der Waals surface area contributed by atoms with Crippen LogP contribution in [0.4, 0.5) is 0 Å². The van der Waals surface area contributed by atoms with E-state index in [0.717, 1.165) is 0 Å². The van der Waals surface area contributed by atoms with Crippen LogP contribution in [0.1, 0.15) is 0 Å². The van der Waals surface area contributed by atoms with E-state index in [-0.39, 0.29) is 127 Å². The Hall–Kier alpha value is 4.24. The molecule has 0 radical (unpaired) electrons. The molecule has 4 nitrogen and oxygen atoms in total. The van der Waals surface area contributed by atoms with E-state index < -0.39 is 7.82 Å². The van der Waals surface area contributed by atoms with Crippen LogP contribution in [0.2, 0.25) is 0 Å². The molecule has 9 heavy (non-hydrogen) atoms. The van der Waals surface area contributed by atoms with Crippen molar-refractivity contribution in [2.24, 2.45) is 0 Å². The summed E-state index contributed by atoms with van der Waals surface area (Å²) in [5.41, 5.74) is 0. The fourth-order valence-electron chi connectivity index (χ4n) is 0. The molecular weight excluding hydrogens is 247 g/mol. The first-order chi connectivity index (χ1) is 2.00. The van der Waals surface area contributed by atoms with Gasteiger partial charge in [0, 0.05) is 0 Å². The van der Waals surface area contributed by atoms with Gasteiger partial charge in [-0.2, -0.15) is 13.5 Å². The van der Waals surface area contributed by atoms with E-state index >= 15 is 0 Å². The Kier molecular flexibility index (Phi) is 47.9. The van der Waals surface area contributed by atoms with Crippen molar-refractivity contribution in [3.63, 3.8) is 0 Å². The summed E-state index contributed by atoms with van der Waals surface area (Å²) in [6, 6.07) is 0. The van der Waals surface area contributed by atoms with Gasteiger partial charge >= 0.3 is 121 Å².